The quantitative estimate of drug-likeness (QED) is 0.689. The highest BCUT2D eigenvalue weighted by Gasteiger charge is 2.14. The summed E-state index contributed by atoms with van der Waals surface area (Å²) in [6, 6.07) is 11.2. The molecule has 3 rings (SSSR count). The summed E-state index contributed by atoms with van der Waals surface area (Å²) in [7, 11) is 0. The molecule has 0 fully saturated rings. The Balaban J connectivity index is 2.42. The van der Waals surface area contributed by atoms with E-state index in [1.165, 1.54) is 4.57 Å². The van der Waals surface area contributed by atoms with Gasteiger partial charge in [0.2, 0.25) is 0 Å². The van der Waals surface area contributed by atoms with Gasteiger partial charge in [0.25, 0.3) is 10.6 Å². The smallest absolute Gasteiger partial charge is 0.312 e. The van der Waals surface area contributed by atoms with E-state index in [0.29, 0.717) is 16.0 Å². The molecule has 0 saturated heterocycles. The first-order valence-corrected chi connectivity index (χ1v) is 6.30. The normalized spacial score (nSPS) is 10.8. The molecule has 0 spiro atoms. The molecule has 3 aromatic rings. The summed E-state index contributed by atoms with van der Waals surface area (Å²) in [6.07, 6.45) is 1.79. The van der Waals surface area contributed by atoms with Crippen molar-refractivity contribution < 1.29 is 4.98 Å². The van der Waals surface area contributed by atoms with Crippen molar-refractivity contribution in [1.29, 1.82) is 0 Å². The zero-order valence-corrected chi connectivity index (χ0v) is 11.1. The molecule has 1 aromatic carbocycles. The Labute approximate surface area is 114 Å². The van der Waals surface area contributed by atoms with Gasteiger partial charge >= 0.3 is 5.56 Å². The number of aromatic amines is 2. The largest absolute Gasteiger partial charge is 0.350 e. The molecule has 0 unspecified atom stereocenters. The number of hydrogen-bond donors (Lipinski definition) is 1. The fraction of sp³-hybridized carbons (Fsp3) is 0.0714. The lowest BCUT2D eigenvalue weighted by atomic mass is 10.2. The highest BCUT2D eigenvalue weighted by Crippen LogP contribution is 2.08. The number of fused-ring (bicyclic) bond motifs is 1. The third kappa shape index (κ3) is 1.98. The monoisotopic (exact) mass is 270 g/mol. The number of aromatic nitrogens is 3. The molecule has 0 aliphatic rings. The Morgan fingerprint density at radius 2 is 2.05 bits per heavy atom. The maximum Gasteiger partial charge on any atom is 0.350 e. The van der Waals surface area contributed by atoms with Gasteiger partial charge in [-0.25, -0.2) is 9.78 Å². The molecule has 0 bridgehead atoms. The molecule has 0 atom stereocenters. The molecule has 94 valence electrons. The predicted octanol–water partition coefficient (Wildman–Crippen LogP) is 2.17. The second kappa shape index (κ2) is 4.44. The second-order valence-electron chi connectivity index (χ2n) is 4.37. The number of benzene rings is 1. The Morgan fingerprint density at radius 1 is 1.26 bits per heavy atom. The van der Waals surface area contributed by atoms with Gasteiger partial charge in [-0.1, -0.05) is 12.1 Å². The van der Waals surface area contributed by atoms with Crippen molar-refractivity contribution in [3.8, 4) is 5.82 Å². The number of pyridine rings is 1. The van der Waals surface area contributed by atoms with Gasteiger partial charge in [-0.05, 0) is 42.9 Å². The van der Waals surface area contributed by atoms with E-state index in [2.05, 4.69) is 9.97 Å². The summed E-state index contributed by atoms with van der Waals surface area (Å²) >= 11 is 5.28. The molecule has 0 amide bonds. The van der Waals surface area contributed by atoms with E-state index >= 15 is 0 Å². The van der Waals surface area contributed by atoms with Gasteiger partial charge in [-0.3, -0.25) is 0 Å². The van der Waals surface area contributed by atoms with Crippen LogP contribution in [-0.2, 0) is 0 Å². The summed E-state index contributed by atoms with van der Waals surface area (Å²) in [6.45, 7) is 1.97. The van der Waals surface area contributed by atoms with Crippen LogP contribution < -0.4 is 10.5 Å². The van der Waals surface area contributed by atoms with E-state index in [-0.39, 0.29) is 5.56 Å². The Kier molecular flexibility index (Phi) is 2.76. The van der Waals surface area contributed by atoms with Crippen molar-refractivity contribution in [2.75, 3.05) is 0 Å². The van der Waals surface area contributed by atoms with Gasteiger partial charge in [0, 0.05) is 6.07 Å². The Morgan fingerprint density at radius 3 is 2.84 bits per heavy atom. The first-order chi connectivity index (χ1) is 9.16. The molecule has 2 aromatic heterocycles. The minimum atomic E-state index is -0.124. The van der Waals surface area contributed by atoms with Crippen molar-refractivity contribution in [2.24, 2.45) is 0 Å². The van der Waals surface area contributed by atoms with E-state index < -0.39 is 0 Å². The Hall–Kier alpha value is -2.27. The molecule has 0 aliphatic heterocycles. The molecular formula is C14H12N3OS+. The van der Waals surface area contributed by atoms with Crippen LogP contribution in [0.4, 0.5) is 0 Å². The van der Waals surface area contributed by atoms with Crippen LogP contribution in [0.1, 0.15) is 5.56 Å². The topological polar surface area (TPSA) is 51.9 Å². The van der Waals surface area contributed by atoms with Gasteiger partial charge in [0.15, 0.2) is 0 Å². The standard InChI is InChI=1S/C14H11N3OS/c1-9-6-7-15-12(8-9)17-13(18)10-4-2-3-5-11(10)16-14(17)19/h2-8H,1H3,(H,16,19)/p+1. The molecular weight excluding hydrogens is 258 g/mol. The van der Waals surface area contributed by atoms with E-state index in [0.717, 1.165) is 11.1 Å². The number of aryl methyl sites for hydroxylation is 1. The summed E-state index contributed by atoms with van der Waals surface area (Å²) in [5.41, 5.74) is 1.69. The van der Waals surface area contributed by atoms with Gasteiger partial charge < -0.3 is 4.98 Å². The van der Waals surface area contributed by atoms with E-state index in [4.69, 9.17) is 12.2 Å². The van der Waals surface area contributed by atoms with E-state index in [9.17, 15) is 4.79 Å². The zero-order valence-electron chi connectivity index (χ0n) is 10.3. The van der Waals surface area contributed by atoms with Gasteiger partial charge in [-0.2, -0.15) is 0 Å². The van der Waals surface area contributed by atoms with Crippen molar-refractivity contribution in [3.05, 3.63) is 63.3 Å². The number of nitrogens with one attached hydrogen (secondary N) is 2. The van der Waals surface area contributed by atoms with Crippen molar-refractivity contribution in [1.82, 2.24) is 9.55 Å². The zero-order chi connectivity index (χ0) is 13.4. The highest BCUT2D eigenvalue weighted by atomic mass is 32.1. The molecule has 0 aliphatic carbocycles. The van der Waals surface area contributed by atoms with Crippen LogP contribution in [0.25, 0.3) is 16.7 Å². The highest BCUT2D eigenvalue weighted by molar-refractivity contribution is 7.71. The first-order valence-electron chi connectivity index (χ1n) is 5.89. The lowest BCUT2D eigenvalue weighted by Crippen LogP contribution is -2.26. The van der Waals surface area contributed by atoms with Crippen LogP contribution in [0.5, 0.6) is 0 Å². The van der Waals surface area contributed by atoms with Crippen LogP contribution >= 0.6 is 12.2 Å². The maximum absolute atomic E-state index is 12.5. The summed E-state index contributed by atoms with van der Waals surface area (Å²) < 4.78 is 1.86. The molecule has 19 heavy (non-hydrogen) atoms. The van der Waals surface area contributed by atoms with Crippen LogP contribution in [0.2, 0.25) is 0 Å². The summed E-state index contributed by atoms with van der Waals surface area (Å²) in [5, 5.41) is 0.617. The molecule has 2 N–H and O–H groups in total. The third-order valence-corrected chi connectivity index (χ3v) is 3.27. The fourth-order valence-corrected chi connectivity index (χ4v) is 2.37. The summed E-state index contributed by atoms with van der Waals surface area (Å²) in [5.74, 6) is 0.664. The van der Waals surface area contributed by atoms with Crippen LogP contribution in [0, 0.1) is 11.7 Å². The number of H-pyrrole nitrogens is 2. The lowest BCUT2D eigenvalue weighted by Gasteiger charge is -2.01. The molecule has 0 radical (unpaired) electrons. The van der Waals surface area contributed by atoms with Crippen LogP contribution in [0.15, 0.2) is 47.4 Å². The lowest BCUT2D eigenvalue weighted by molar-refractivity contribution is -0.373. The maximum atomic E-state index is 12.5. The Bertz CT molecular complexity index is 879. The van der Waals surface area contributed by atoms with Crippen LogP contribution in [0.3, 0.4) is 0 Å². The van der Waals surface area contributed by atoms with Gasteiger partial charge in [0.05, 0.1) is 17.1 Å². The minimum Gasteiger partial charge on any atom is -0.312 e. The van der Waals surface area contributed by atoms with Gasteiger partial charge in [0.1, 0.15) is 0 Å². The number of hydrogen-bond acceptors (Lipinski definition) is 2. The average molecular weight is 270 g/mol. The fourth-order valence-electron chi connectivity index (χ4n) is 2.07. The predicted molar refractivity (Wildman–Crippen MR) is 76.0 cm³/mol. The van der Waals surface area contributed by atoms with E-state index in [1.54, 1.807) is 12.3 Å². The average Bonchev–Trinajstić information content (AvgIpc) is 2.39. The van der Waals surface area contributed by atoms with Crippen molar-refractivity contribution >= 4 is 23.1 Å². The first kappa shape index (κ1) is 11.8. The molecule has 4 nitrogen and oxygen atoms in total. The minimum absolute atomic E-state index is 0.124. The van der Waals surface area contributed by atoms with Crippen molar-refractivity contribution in [3.63, 3.8) is 0 Å². The van der Waals surface area contributed by atoms with E-state index in [1.807, 2.05) is 37.3 Å². The summed E-state index contributed by atoms with van der Waals surface area (Å²) in [4.78, 5) is 18.6. The number of nitrogens with zero attached hydrogens (tertiary/aromatic N) is 1. The molecule has 5 heteroatoms. The second-order valence-corrected chi connectivity index (χ2v) is 4.75. The SMILES string of the molecule is Cc1cc[nH+]c(-n2c(=S)[nH]c3ccccc3c2=O)c1. The van der Waals surface area contributed by atoms with Gasteiger partial charge in [-0.15, -0.1) is 4.57 Å². The number of rotatable bonds is 1. The van der Waals surface area contributed by atoms with Crippen molar-refractivity contribution in [2.45, 2.75) is 6.92 Å². The molecule has 0 saturated carbocycles. The molecule has 2 heterocycles. The van der Waals surface area contributed by atoms with Crippen LogP contribution in [-0.4, -0.2) is 9.55 Å². The number of para-hydroxylation sites is 1. The third-order valence-electron chi connectivity index (χ3n) is 2.99.